The first kappa shape index (κ1) is 16.5. The third-order valence-corrected chi connectivity index (χ3v) is 6.69. The second-order valence-electron chi connectivity index (χ2n) is 5.98. The molecule has 0 saturated carbocycles. The highest BCUT2D eigenvalue weighted by Crippen LogP contribution is 2.32. The Kier molecular flexibility index (Phi) is 4.75. The van der Waals surface area contributed by atoms with Crippen molar-refractivity contribution < 1.29 is 8.42 Å². The predicted octanol–water partition coefficient (Wildman–Crippen LogP) is 1.41. The van der Waals surface area contributed by atoms with E-state index >= 15 is 0 Å². The summed E-state index contributed by atoms with van der Waals surface area (Å²) in [5.41, 5.74) is 6.81. The molecule has 2 rings (SSSR count). The van der Waals surface area contributed by atoms with Crippen LogP contribution in [-0.4, -0.2) is 41.1 Å². The Morgan fingerprint density at radius 3 is 2.33 bits per heavy atom. The second-order valence-corrected chi connectivity index (χ2v) is 7.76. The van der Waals surface area contributed by atoms with E-state index in [0.29, 0.717) is 29.4 Å². The van der Waals surface area contributed by atoms with Crippen LogP contribution < -0.4 is 5.73 Å². The third kappa shape index (κ3) is 2.86. The molecule has 1 fully saturated rings. The van der Waals surface area contributed by atoms with Gasteiger partial charge in [-0.2, -0.15) is 9.40 Å². The van der Waals surface area contributed by atoms with Gasteiger partial charge in [0.1, 0.15) is 4.90 Å². The Labute approximate surface area is 127 Å². The highest BCUT2D eigenvalue weighted by atomic mass is 32.2. The van der Waals surface area contributed by atoms with E-state index in [0.717, 1.165) is 19.3 Å². The van der Waals surface area contributed by atoms with Gasteiger partial charge in [-0.05, 0) is 40.5 Å². The maximum atomic E-state index is 13.1. The largest absolute Gasteiger partial charge is 0.329 e. The molecule has 0 radical (unpaired) electrons. The van der Waals surface area contributed by atoms with Crippen LogP contribution in [0.2, 0.25) is 0 Å². The minimum absolute atomic E-state index is 0.0374. The van der Waals surface area contributed by atoms with Crippen molar-refractivity contribution >= 4 is 10.0 Å². The van der Waals surface area contributed by atoms with Crippen LogP contribution in [0.15, 0.2) is 4.90 Å². The molecule has 2 atom stereocenters. The monoisotopic (exact) mass is 314 g/mol. The predicted molar refractivity (Wildman–Crippen MR) is 82.6 cm³/mol. The number of nitrogens with two attached hydrogens (primary N) is 1. The molecule has 2 heterocycles. The van der Waals surface area contributed by atoms with Crippen LogP contribution in [0.4, 0.5) is 0 Å². The lowest BCUT2D eigenvalue weighted by Gasteiger charge is -2.37. The lowest BCUT2D eigenvalue weighted by molar-refractivity contribution is 0.204. The first-order chi connectivity index (χ1) is 9.80. The maximum absolute atomic E-state index is 13.1. The van der Waals surface area contributed by atoms with Gasteiger partial charge in [0.15, 0.2) is 0 Å². The molecule has 1 aromatic rings. The molecule has 0 spiro atoms. The fraction of sp³-hybridized carbons (Fsp3) is 0.786. The van der Waals surface area contributed by atoms with Crippen LogP contribution in [0, 0.1) is 13.8 Å². The summed E-state index contributed by atoms with van der Waals surface area (Å²) in [5, 5.41) is 4.34. The number of aromatic nitrogens is 2. The molecule has 1 saturated heterocycles. The van der Waals surface area contributed by atoms with E-state index in [-0.39, 0.29) is 12.1 Å². The van der Waals surface area contributed by atoms with Crippen molar-refractivity contribution in [1.29, 1.82) is 0 Å². The number of piperidine rings is 1. The van der Waals surface area contributed by atoms with E-state index in [2.05, 4.69) is 5.10 Å². The van der Waals surface area contributed by atoms with Gasteiger partial charge in [0.2, 0.25) is 10.0 Å². The van der Waals surface area contributed by atoms with Gasteiger partial charge in [0.05, 0.1) is 17.9 Å². The van der Waals surface area contributed by atoms with E-state index in [4.69, 9.17) is 5.73 Å². The van der Waals surface area contributed by atoms with Crippen molar-refractivity contribution in [3.8, 4) is 0 Å². The molecule has 1 aliphatic rings. The molecule has 1 aromatic heterocycles. The van der Waals surface area contributed by atoms with Crippen LogP contribution in [0.3, 0.4) is 0 Å². The Bertz CT molecular complexity index is 599. The molecule has 1 aliphatic heterocycles. The molecule has 0 unspecified atom stereocenters. The average molecular weight is 314 g/mol. The summed E-state index contributed by atoms with van der Waals surface area (Å²) < 4.78 is 29.6. The second kappa shape index (κ2) is 6.06. The maximum Gasteiger partial charge on any atom is 0.247 e. The van der Waals surface area contributed by atoms with Gasteiger partial charge in [-0.1, -0.05) is 6.42 Å². The van der Waals surface area contributed by atoms with Crippen molar-refractivity contribution in [3.63, 3.8) is 0 Å². The van der Waals surface area contributed by atoms with Crippen molar-refractivity contribution in [2.75, 3.05) is 6.54 Å². The zero-order valence-corrected chi connectivity index (χ0v) is 14.2. The van der Waals surface area contributed by atoms with E-state index in [1.54, 1.807) is 15.9 Å². The van der Waals surface area contributed by atoms with Gasteiger partial charge in [0.25, 0.3) is 0 Å². The van der Waals surface area contributed by atoms with E-state index in [1.165, 1.54) is 0 Å². The van der Waals surface area contributed by atoms with Gasteiger partial charge in [-0.3, -0.25) is 4.68 Å². The first-order valence-corrected chi connectivity index (χ1v) is 9.02. The Balaban J connectivity index is 2.48. The number of hydrogen-bond donors (Lipinski definition) is 1. The summed E-state index contributed by atoms with van der Waals surface area (Å²) in [6, 6.07) is 0.0748. The summed E-state index contributed by atoms with van der Waals surface area (Å²) in [6.45, 7) is 8.52. The van der Waals surface area contributed by atoms with Crippen LogP contribution in [0.25, 0.3) is 0 Å². The van der Waals surface area contributed by atoms with Crippen LogP contribution in [-0.2, 0) is 16.6 Å². The van der Waals surface area contributed by atoms with Crippen molar-refractivity contribution in [3.05, 3.63) is 11.4 Å². The highest BCUT2D eigenvalue weighted by molar-refractivity contribution is 7.89. The normalized spacial score (nSPS) is 24.4. The number of sulfonamides is 1. The van der Waals surface area contributed by atoms with Gasteiger partial charge in [-0.25, -0.2) is 8.42 Å². The van der Waals surface area contributed by atoms with Gasteiger partial charge in [0, 0.05) is 18.6 Å². The van der Waals surface area contributed by atoms with E-state index in [1.807, 2.05) is 20.8 Å². The fourth-order valence-corrected chi connectivity index (χ4v) is 5.63. The summed E-state index contributed by atoms with van der Waals surface area (Å²) in [7, 11) is -3.51. The number of aryl methyl sites for hydroxylation is 1. The van der Waals surface area contributed by atoms with Crippen LogP contribution >= 0.6 is 0 Å². The highest BCUT2D eigenvalue weighted by Gasteiger charge is 2.38. The fourth-order valence-electron chi connectivity index (χ4n) is 3.37. The third-order valence-electron chi connectivity index (χ3n) is 4.30. The first-order valence-electron chi connectivity index (χ1n) is 7.58. The Morgan fingerprint density at radius 1 is 1.24 bits per heavy atom. The molecular weight excluding hydrogens is 288 g/mol. The molecule has 120 valence electrons. The quantitative estimate of drug-likeness (QED) is 0.911. The average Bonchev–Trinajstić information content (AvgIpc) is 2.64. The molecule has 0 aliphatic carbocycles. The number of rotatable bonds is 4. The summed E-state index contributed by atoms with van der Waals surface area (Å²) in [4.78, 5) is 0.358. The standard InChI is InChI=1S/C14H26N4O2S/c1-10-6-5-7-11(2)18(10)21(19,20)14-12(3)16-17(9-8-15)13(14)4/h10-11H,5-9,15H2,1-4H3/t10-,11+. The molecule has 0 bridgehead atoms. The van der Waals surface area contributed by atoms with Crippen molar-refractivity contribution in [1.82, 2.24) is 14.1 Å². The molecule has 2 N–H and O–H groups in total. The van der Waals surface area contributed by atoms with Crippen molar-refractivity contribution in [2.45, 2.75) is 70.5 Å². The van der Waals surface area contributed by atoms with Crippen LogP contribution in [0.1, 0.15) is 44.5 Å². The zero-order valence-electron chi connectivity index (χ0n) is 13.3. The van der Waals surface area contributed by atoms with Gasteiger partial charge >= 0.3 is 0 Å². The molecule has 21 heavy (non-hydrogen) atoms. The molecule has 7 heteroatoms. The number of nitrogens with zero attached hydrogens (tertiary/aromatic N) is 3. The minimum Gasteiger partial charge on any atom is -0.329 e. The summed E-state index contributed by atoms with van der Waals surface area (Å²) >= 11 is 0. The molecule has 0 aromatic carbocycles. The zero-order chi connectivity index (χ0) is 15.8. The van der Waals surface area contributed by atoms with Gasteiger partial charge in [-0.15, -0.1) is 0 Å². The summed E-state index contributed by atoms with van der Waals surface area (Å²) in [5.74, 6) is 0. The van der Waals surface area contributed by atoms with E-state index < -0.39 is 10.0 Å². The van der Waals surface area contributed by atoms with Crippen molar-refractivity contribution in [2.24, 2.45) is 5.73 Å². The van der Waals surface area contributed by atoms with Gasteiger partial charge < -0.3 is 5.73 Å². The summed E-state index contributed by atoms with van der Waals surface area (Å²) in [6.07, 6.45) is 2.91. The molecule has 0 amide bonds. The Morgan fingerprint density at radius 2 is 1.81 bits per heavy atom. The topological polar surface area (TPSA) is 81.2 Å². The lowest BCUT2D eigenvalue weighted by Crippen LogP contribution is -2.47. The smallest absolute Gasteiger partial charge is 0.247 e. The Hall–Kier alpha value is -0.920. The number of hydrogen-bond acceptors (Lipinski definition) is 4. The lowest BCUT2D eigenvalue weighted by atomic mass is 10.0. The van der Waals surface area contributed by atoms with Crippen LogP contribution in [0.5, 0.6) is 0 Å². The molecular formula is C14H26N4O2S. The SMILES string of the molecule is Cc1nn(CCN)c(C)c1S(=O)(=O)N1[C@H](C)CCC[C@@H]1C. The van der Waals surface area contributed by atoms with E-state index in [9.17, 15) is 8.42 Å². The molecule has 6 nitrogen and oxygen atoms in total. The minimum atomic E-state index is -3.51.